The van der Waals surface area contributed by atoms with Crippen molar-refractivity contribution < 1.29 is 14.7 Å². The van der Waals surface area contributed by atoms with Gasteiger partial charge in [-0.15, -0.1) is 0 Å². The lowest BCUT2D eigenvalue weighted by Crippen LogP contribution is -2.56. The van der Waals surface area contributed by atoms with Crippen LogP contribution >= 0.6 is 0 Å². The van der Waals surface area contributed by atoms with Gasteiger partial charge in [0.1, 0.15) is 5.82 Å². The highest BCUT2D eigenvalue weighted by molar-refractivity contribution is 5.80. The van der Waals surface area contributed by atoms with Gasteiger partial charge in [0.05, 0.1) is 12.1 Å². The van der Waals surface area contributed by atoms with E-state index in [1.807, 2.05) is 21.0 Å². The molecular formula is C25H33N5O3. The van der Waals surface area contributed by atoms with Gasteiger partial charge in [-0.2, -0.15) is 0 Å². The molecule has 0 aliphatic carbocycles. The Morgan fingerprint density at radius 3 is 2.58 bits per heavy atom. The first-order valence-corrected chi connectivity index (χ1v) is 11.7. The maximum absolute atomic E-state index is 11.9. The van der Waals surface area contributed by atoms with Crippen molar-refractivity contribution in [1.82, 2.24) is 20.2 Å². The average molecular weight is 452 g/mol. The van der Waals surface area contributed by atoms with E-state index in [9.17, 15) is 9.59 Å². The Labute approximate surface area is 195 Å². The number of hydrogen-bond acceptors (Lipinski definition) is 6. The maximum Gasteiger partial charge on any atom is 0.303 e. The van der Waals surface area contributed by atoms with E-state index in [4.69, 9.17) is 15.1 Å². The molecule has 2 N–H and O–H groups in total. The molecule has 176 valence electrons. The number of aryl methyl sites for hydroxylation is 1. The third-order valence-corrected chi connectivity index (χ3v) is 6.90. The Kier molecular flexibility index (Phi) is 6.93. The molecule has 3 aliphatic heterocycles. The summed E-state index contributed by atoms with van der Waals surface area (Å²) < 4.78 is 0. The Balaban J connectivity index is 1.43. The number of anilines is 1. The number of carboxylic acids is 1. The molecule has 1 aromatic carbocycles. The Bertz CT molecular complexity index is 1010. The number of fused-ring (bicyclic) bond motifs is 3. The number of hydrogen-bond donors (Lipinski definition) is 2. The second kappa shape index (κ2) is 9.87. The molecule has 3 aliphatic rings. The lowest BCUT2D eigenvalue weighted by molar-refractivity contribution is -0.138. The molecule has 1 amide bonds. The largest absolute Gasteiger partial charge is 0.481 e. The van der Waals surface area contributed by atoms with E-state index in [1.54, 1.807) is 0 Å². The number of rotatable bonds is 8. The second-order valence-corrected chi connectivity index (χ2v) is 9.40. The van der Waals surface area contributed by atoms with Crippen molar-refractivity contribution in [3.8, 4) is 11.3 Å². The van der Waals surface area contributed by atoms with Crippen LogP contribution in [0.5, 0.6) is 0 Å². The molecule has 3 fully saturated rings. The number of amides is 1. The Morgan fingerprint density at radius 1 is 1.18 bits per heavy atom. The number of piperidine rings is 3. The van der Waals surface area contributed by atoms with Crippen molar-refractivity contribution in [2.75, 3.05) is 38.6 Å². The zero-order chi connectivity index (χ0) is 23.5. The standard InChI is InChI=1S/C25H33N5O3/c1-16-27-22(17-4-6-19(7-5-17)29(2)3)13-23(28-16)21-15-30-11-10-18(21)12-20(30)14-26-24(31)8-9-25(32)33/h4-7,13,18,20-21H,8-12,14-15H2,1-3H3,(H,26,31)(H,32,33). The van der Waals surface area contributed by atoms with E-state index >= 15 is 0 Å². The quantitative estimate of drug-likeness (QED) is 0.637. The van der Waals surface area contributed by atoms with Crippen LogP contribution in [0.3, 0.4) is 0 Å². The highest BCUT2D eigenvalue weighted by Crippen LogP contribution is 2.41. The summed E-state index contributed by atoms with van der Waals surface area (Å²) in [7, 11) is 4.06. The van der Waals surface area contributed by atoms with E-state index in [0.29, 0.717) is 24.4 Å². The highest BCUT2D eigenvalue weighted by Gasteiger charge is 2.41. The van der Waals surface area contributed by atoms with Gasteiger partial charge >= 0.3 is 5.97 Å². The zero-order valence-corrected chi connectivity index (χ0v) is 19.6. The fourth-order valence-corrected chi connectivity index (χ4v) is 5.09. The molecule has 33 heavy (non-hydrogen) atoms. The molecule has 4 unspecified atom stereocenters. The highest BCUT2D eigenvalue weighted by atomic mass is 16.4. The number of nitrogens with zero attached hydrogens (tertiary/aromatic N) is 4. The van der Waals surface area contributed by atoms with Gasteiger partial charge in [0.25, 0.3) is 0 Å². The molecule has 0 spiro atoms. The Hall–Kier alpha value is -3.00. The fraction of sp³-hybridized carbons (Fsp3) is 0.520. The first-order valence-electron chi connectivity index (χ1n) is 11.7. The molecule has 2 aromatic rings. The van der Waals surface area contributed by atoms with Crippen molar-refractivity contribution >= 4 is 17.6 Å². The SMILES string of the molecule is Cc1nc(-c2ccc(N(C)C)cc2)cc(C2CN3CCC2CC3CNC(=O)CCC(=O)O)n1. The van der Waals surface area contributed by atoms with E-state index in [-0.39, 0.29) is 18.7 Å². The maximum atomic E-state index is 11.9. The van der Waals surface area contributed by atoms with Gasteiger partial charge < -0.3 is 15.3 Å². The van der Waals surface area contributed by atoms with Crippen molar-refractivity contribution in [1.29, 1.82) is 0 Å². The predicted molar refractivity (Wildman–Crippen MR) is 127 cm³/mol. The minimum Gasteiger partial charge on any atom is -0.481 e. The summed E-state index contributed by atoms with van der Waals surface area (Å²) in [5, 5.41) is 11.7. The minimum atomic E-state index is -0.943. The molecule has 8 heteroatoms. The zero-order valence-electron chi connectivity index (χ0n) is 19.6. The van der Waals surface area contributed by atoms with Gasteiger partial charge in [0.15, 0.2) is 0 Å². The second-order valence-electron chi connectivity index (χ2n) is 9.40. The monoisotopic (exact) mass is 451 g/mol. The molecule has 0 saturated carbocycles. The van der Waals surface area contributed by atoms with Gasteiger partial charge in [0, 0.05) is 62.5 Å². The van der Waals surface area contributed by atoms with Crippen LogP contribution in [-0.2, 0) is 9.59 Å². The molecule has 2 bridgehead atoms. The van der Waals surface area contributed by atoms with E-state index < -0.39 is 5.97 Å². The van der Waals surface area contributed by atoms with Crippen molar-refractivity contribution in [3.05, 3.63) is 41.9 Å². The first kappa shape index (κ1) is 23.2. The molecule has 0 radical (unpaired) electrons. The van der Waals surface area contributed by atoms with Crippen LogP contribution in [0.2, 0.25) is 0 Å². The van der Waals surface area contributed by atoms with Crippen LogP contribution in [-0.4, -0.2) is 71.6 Å². The van der Waals surface area contributed by atoms with Gasteiger partial charge in [-0.05, 0) is 50.4 Å². The van der Waals surface area contributed by atoms with E-state index in [0.717, 1.165) is 54.4 Å². The van der Waals surface area contributed by atoms with Crippen LogP contribution in [0, 0.1) is 12.8 Å². The molecule has 4 heterocycles. The van der Waals surface area contributed by atoms with Gasteiger partial charge in [-0.3, -0.25) is 14.5 Å². The van der Waals surface area contributed by atoms with Gasteiger partial charge in [-0.25, -0.2) is 9.97 Å². The van der Waals surface area contributed by atoms with Gasteiger partial charge in [-0.1, -0.05) is 12.1 Å². The Morgan fingerprint density at radius 2 is 1.94 bits per heavy atom. The number of carbonyl (C=O) groups excluding carboxylic acids is 1. The molecule has 8 nitrogen and oxygen atoms in total. The summed E-state index contributed by atoms with van der Waals surface area (Å²) in [6, 6.07) is 10.9. The number of benzene rings is 1. The molecule has 1 aromatic heterocycles. The summed E-state index contributed by atoms with van der Waals surface area (Å²) in [5.74, 6) is 0.542. The smallest absolute Gasteiger partial charge is 0.303 e. The summed E-state index contributed by atoms with van der Waals surface area (Å²) in [4.78, 5) is 36.7. The fourth-order valence-electron chi connectivity index (χ4n) is 5.09. The third kappa shape index (κ3) is 5.50. The number of carboxylic acid groups (broad SMARTS) is 1. The van der Waals surface area contributed by atoms with Crippen molar-refractivity contribution in [2.24, 2.45) is 5.92 Å². The first-order chi connectivity index (χ1) is 15.8. The summed E-state index contributed by atoms with van der Waals surface area (Å²) in [5.41, 5.74) is 4.31. The van der Waals surface area contributed by atoms with Crippen molar-refractivity contribution in [3.63, 3.8) is 0 Å². The van der Waals surface area contributed by atoms with Crippen LogP contribution < -0.4 is 10.2 Å². The number of nitrogens with one attached hydrogen (secondary N) is 1. The lowest BCUT2D eigenvalue weighted by atomic mass is 9.74. The van der Waals surface area contributed by atoms with E-state index in [1.165, 1.54) is 0 Å². The number of aliphatic carboxylic acids is 1. The van der Waals surface area contributed by atoms with Crippen LogP contribution in [0.1, 0.15) is 43.1 Å². The van der Waals surface area contributed by atoms with Crippen LogP contribution in [0.4, 0.5) is 5.69 Å². The molecule has 4 atom stereocenters. The summed E-state index contributed by atoms with van der Waals surface area (Å²) in [6.07, 6.45) is 2.05. The third-order valence-electron chi connectivity index (χ3n) is 6.90. The van der Waals surface area contributed by atoms with Crippen LogP contribution in [0.25, 0.3) is 11.3 Å². The molecular weight excluding hydrogens is 418 g/mol. The van der Waals surface area contributed by atoms with Crippen molar-refractivity contribution in [2.45, 2.75) is 44.6 Å². The van der Waals surface area contributed by atoms with E-state index in [2.05, 4.69) is 45.4 Å². The summed E-state index contributed by atoms with van der Waals surface area (Å²) >= 11 is 0. The lowest BCUT2D eigenvalue weighted by Gasteiger charge is -2.49. The molecule has 3 saturated heterocycles. The average Bonchev–Trinajstić information content (AvgIpc) is 2.81. The minimum absolute atomic E-state index is 0.0343. The number of carbonyl (C=O) groups is 2. The number of aromatic nitrogens is 2. The normalized spacial score (nSPS) is 23.8. The summed E-state index contributed by atoms with van der Waals surface area (Å²) in [6.45, 7) is 4.49. The topological polar surface area (TPSA) is 98.7 Å². The van der Waals surface area contributed by atoms with Gasteiger partial charge in [0.2, 0.25) is 5.91 Å². The predicted octanol–water partition coefficient (Wildman–Crippen LogP) is 2.68. The molecule has 5 rings (SSSR count). The van der Waals surface area contributed by atoms with Crippen LogP contribution in [0.15, 0.2) is 30.3 Å².